The van der Waals surface area contributed by atoms with Crippen molar-refractivity contribution < 1.29 is 23.9 Å². The zero-order chi connectivity index (χ0) is 17.7. The van der Waals surface area contributed by atoms with Crippen molar-refractivity contribution in [2.45, 2.75) is 25.7 Å². The van der Waals surface area contributed by atoms with E-state index in [4.69, 9.17) is 16.7 Å². The van der Waals surface area contributed by atoms with Crippen molar-refractivity contribution in [3.63, 3.8) is 0 Å². The number of amides is 2. The van der Waals surface area contributed by atoms with Crippen LogP contribution in [0.25, 0.3) is 0 Å². The molecule has 1 heterocycles. The van der Waals surface area contributed by atoms with Crippen molar-refractivity contribution >= 4 is 35.1 Å². The third-order valence-electron chi connectivity index (χ3n) is 3.83. The van der Waals surface area contributed by atoms with Crippen LogP contribution in [0, 0.1) is 11.7 Å². The van der Waals surface area contributed by atoms with Gasteiger partial charge in [-0.3, -0.25) is 14.4 Å². The highest BCUT2D eigenvalue weighted by molar-refractivity contribution is 6.30. The normalized spacial score (nSPS) is 17.2. The van der Waals surface area contributed by atoms with E-state index >= 15 is 0 Å². The summed E-state index contributed by atoms with van der Waals surface area (Å²) in [5, 5.41) is 11.2. The predicted octanol–water partition coefficient (Wildman–Crippen LogP) is 2.20. The van der Waals surface area contributed by atoms with Gasteiger partial charge in [0.05, 0.1) is 10.9 Å². The molecule has 1 aliphatic heterocycles. The lowest BCUT2D eigenvalue weighted by Gasteiger charge is -2.17. The maximum Gasteiger partial charge on any atom is 0.303 e. The number of carboxylic acids is 1. The molecule has 2 rings (SSSR count). The minimum atomic E-state index is -0.867. The zero-order valence-corrected chi connectivity index (χ0v) is 13.7. The monoisotopic (exact) mass is 356 g/mol. The molecule has 8 heteroatoms. The summed E-state index contributed by atoms with van der Waals surface area (Å²) < 4.78 is 13.5. The Morgan fingerprint density at radius 3 is 2.79 bits per heavy atom. The van der Waals surface area contributed by atoms with E-state index in [1.165, 1.54) is 23.1 Å². The Morgan fingerprint density at radius 2 is 2.12 bits per heavy atom. The number of anilines is 1. The average molecular weight is 357 g/mol. The number of hydrogen-bond acceptors (Lipinski definition) is 3. The van der Waals surface area contributed by atoms with E-state index in [-0.39, 0.29) is 36.2 Å². The lowest BCUT2D eigenvalue weighted by molar-refractivity contribution is -0.137. The summed E-state index contributed by atoms with van der Waals surface area (Å²) >= 11 is 5.63. The molecule has 2 N–H and O–H groups in total. The SMILES string of the molecule is O=C(O)CCCCNC(=O)C1CC(=O)N(c2ccc(Cl)c(F)c2)C1. The number of hydrogen-bond donors (Lipinski definition) is 2. The molecule has 130 valence electrons. The second-order valence-electron chi connectivity index (χ2n) is 5.65. The summed E-state index contributed by atoms with van der Waals surface area (Å²) in [6.07, 6.45) is 1.17. The average Bonchev–Trinajstić information content (AvgIpc) is 2.91. The number of carbonyl (C=O) groups is 3. The van der Waals surface area contributed by atoms with Crippen molar-refractivity contribution in [2.24, 2.45) is 5.92 Å². The molecule has 1 fully saturated rings. The molecule has 0 aromatic heterocycles. The third-order valence-corrected chi connectivity index (χ3v) is 4.13. The van der Waals surface area contributed by atoms with Gasteiger partial charge in [-0.15, -0.1) is 0 Å². The van der Waals surface area contributed by atoms with Gasteiger partial charge < -0.3 is 15.3 Å². The quantitative estimate of drug-likeness (QED) is 0.733. The maximum absolute atomic E-state index is 13.5. The summed E-state index contributed by atoms with van der Waals surface area (Å²) in [6.45, 7) is 0.549. The van der Waals surface area contributed by atoms with Crippen molar-refractivity contribution in [2.75, 3.05) is 18.0 Å². The fourth-order valence-corrected chi connectivity index (χ4v) is 2.66. The Labute approximate surface area is 143 Å². The van der Waals surface area contributed by atoms with E-state index in [1.54, 1.807) is 0 Å². The minimum absolute atomic E-state index is 0.0268. The van der Waals surface area contributed by atoms with Gasteiger partial charge in [-0.25, -0.2) is 4.39 Å². The topological polar surface area (TPSA) is 86.7 Å². The van der Waals surface area contributed by atoms with Crippen molar-refractivity contribution in [1.29, 1.82) is 0 Å². The summed E-state index contributed by atoms with van der Waals surface area (Å²) in [4.78, 5) is 35.9. The van der Waals surface area contributed by atoms with E-state index in [9.17, 15) is 18.8 Å². The van der Waals surface area contributed by atoms with Crippen molar-refractivity contribution in [1.82, 2.24) is 5.32 Å². The second-order valence-corrected chi connectivity index (χ2v) is 6.05. The number of rotatable bonds is 7. The molecule has 24 heavy (non-hydrogen) atoms. The number of halogens is 2. The lowest BCUT2D eigenvalue weighted by atomic mass is 10.1. The molecule has 1 saturated heterocycles. The Bertz CT molecular complexity index is 653. The second kappa shape index (κ2) is 8.10. The van der Waals surface area contributed by atoms with E-state index in [0.717, 1.165) is 0 Å². The molecular weight excluding hydrogens is 339 g/mol. The van der Waals surface area contributed by atoms with Gasteiger partial charge in [0.1, 0.15) is 5.82 Å². The molecule has 2 amide bonds. The molecule has 0 saturated carbocycles. The molecular formula is C16H18ClFN2O4. The number of unbranched alkanes of at least 4 members (excludes halogenated alkanes) is 1. The fourth-order valence-electron chi connectivity index (χ4n) is 2.54. The zero-order valence-electron chi connectivity index (χ0n) is 12.9. The molecule has 1 aromatic rings. The molecule has 1 aliphatic rings. The van der Waals surface area contributed by atoms with Crippen LogP contribution < -0.4 is 10.2 Å². The summed E-state index contributed by atoms with van der Waals surface area (Å²) in [5.74, 6) is -2.49. The van der Waals surface area contributed by atoms with Gasteiger partial charge in [0, 0.05) is 31.6 Å². The molecule has 0 bridgehead atoms. The maximum atomic E-state index is 13.5. The smallest absolute Gasteiger partial charge is 0.303 e. The van der Waals surface area contributed by atoms with Crippen LogP contribution >= 0.6 is 11.6 Å². The number of aliphatic carboxylic acids is 1. The summed E-state index contributed by atoms with van der Waals surface area (Å²) in [5.41, 5.74) is 0.374. The highest BCUT2D eigenvalue weighted by atomic mass is 35.5. The molecule has 1 atom stereocenters. The van der Waals surface area contributed by atoms with Gasteiger partial charge >= 0.3 is 5.97 Å². The van der Waals surface area contributed by atoms with E-state index in [1.807, 2.05) is 0 Å². The Hall–Kier alpha value is -2.15. The largest absolute Gasteiger partial charge is 0.481 e. The first kappa shape index (κ1) is 18.2. The first-order chi connectivity index (χ1) is 11.4. The van der Waals surface area contributed by atoms with Crippen LogP contribution in [0.5, 0.6) is 0 Å². The first-order valence-electron chi connectivity index (χ1n) is 7.63. The molecule has 1 aromatic carbocycles. The highest BCUT2D eigenvalue weighted by Gasteiger charge is 2.35. The van der Waals surface area contributed by atoms with Crippen LogP contribution in [0.1, 0.15) is 25.7 Å². The molecule has 6 nitrogen and oxygen atoms in total. The van der Waals surface area contributed by atoms with Crippen LogP contribution in [-0.2, 0) is 14.4 Å². The fraction of sp³-hybridized carbons (Fsp3) is 0.438. The summed E-state index contributed by atoms with van der Waals surface area (Å²) in [6, 6.07) is 4.08. The number of benzene rings is 1. The van der Waals surface area contributed by atoms with Crippen molar-refractivity contribution in [3.8, 4) is 0 Å². The Kier molecular flexibility index (Phi) is 6.14. The van der Waals surface area contributed by atoms with Crippen LogP contribution in [0.15, 0.2) is 18.2 Å². The van der Waals surface area contributed by atoms with Gasteiger partial charge in [-0.1, -0.05) is 11.6 Å². The van der Waals surface area contributed by atoms with Crippen LogP contribution in [0.4, 0.5) is 10.1 Å². The Balaban J connectivity index is 1.86. The van der Waals surface area contributed by atoms with Crippen molar-refractivity contribution in [3.05, 3.63) is 29.0 Å². The number of carboxylic acid groups (broad SMARTS) is 1. The van der Waals surface area contributed by atoms with Gasteiger partial charge in [0.15, 0.2) is 0 Å². The molecule has 0 spiro atoms. The lowest BCUT2D eigenvalue weighted by Crippen LogP contribution is -2.33. The summed E-state index contributed by atoms with van der Waals surface area (Å²) in [7, 11) is 0. The van der Waals surface area contributed by atoms with E-state index in [2.05, 4.69) is 5.32 Å². The third kappa shape index (κ3) is 4.67. The first-order valence-corrected chi connectivity index (χ1v) is 8.01. The van der Waals surface area contributed by atoms with Gasteiger partial charge in [0.25, 0.3) is 0 Å². The van der Waals surface area contributed by atoms with Gasteiger partial charge in [-0.05, 0) is 31.0 Å². The number of nitrogens with one attached hydrogen (secondary N) is 1. The van der Waals surface area contributed by atoms with E-state index in [0.29, 0.717) is 25.1 Å². The van der Waals surface area contributed by atoms with Crippen LogP contribution in [0.2, 0.25) is 5.02 Å². The molecule has 1 unspecified atom stereocenters. The Morgan fingerprint density at radius 1 is 1.38 bits per heavy atom. The van der Waals surface area contributed by atoms with Gasteiger partial charge in [-0.2, -0.15) is 0 Å². The predicted molar refractivity (Wildman–Crippen MR) is 86.4 cm³/mol. The molecule has 0 radical (unpaired) electrons. The van der Waals surface area contributed by atoms with Crippen LogP contribution in [0.3, 0.4) is 0 Å². The minimum Gasteiger partial charge on any atom is -0.481 e. The van der Waals surface area contributed by atoms with E-state index < -0.39 is 17.7 Å². The number of carbonyl (C=O) groups excluding carboxylic acids is 2. The highest BCUT2D eigenvalue weighted by Crippen LogP contribution is 2.28. The standard InChI is InChI=1S/C16H18ClFN2O4/c17-12-5-4-11(8-13(12)18)20-9-10(7-14(20)21)16(24)19-6-2-1-3-15(22)23/h4-5,8,10H,1-3,6-7,9H2,(H,19,24)(H,22,23). The van der Waals surface area contributed by atoms with Gasteiger partial charge in [0.2, 0.25) is 11.8 Å². The number of nitrogens with zero attached hydrogens (tertiary/aromatic N) is 1. The molecule has 0 aliphatic carbocycles. The van der Waals surface area contributed by atoms with Crippen LogP contribution in [-0.4, -0.2) is 36.0 Å².